The Kier molecular flexibility index (Phi) is 4.14. The van der Waals surface area contributed by atoms with Crippen molar-refractivity contribution in [1.29, 1.82) is 0 Å². The van der Waals surface area contributed by atoms with Crippen LogP contribution in [0.25, 0.3) is 0 Å². The molecule has 17 heavy (non-hydrogen) atoms. The van der Waals surface area contributed by atoms with Crippen molar-refractivity contribution in [2.75, 3.05) is 6.61 Å². The maximum Gasteiger partial charge on any atom is 0.0587 e. The minimum Gasteiger partial charge on any atom is -0.395 e. The van der Waals surface area contributed by atoms with E-state index in [0.717, 1.165) is 5.92 Å². The van der Waals surface area contributed by atoms with Crippen LogP contribution in [0.2, 0.25) is 0 Å². The van der Waals surface area contributed by atoms with Crippen molar-refractivity contribution in [2.45, 2.75) is 71.4 Å². The molecule has 2 saturated carbocycles. The molecule has 0 radical (unpaired) electrons. The standard InChI is InChI=1S/C15H29NO/c1-15(2,3)12-6-4-11(5-7-12)14(10-17)16-13-8-9-13/h11-14,16-17H,4-10H2,1-3H3. The second kappa shape index (κ2) is 5.27. The zero-order valence-corrected chi connectivity index (χ0v) is 11.7. The average molecular weight is 239 g/mol. The van der Waals surface area contributed by atoms with Crippen molar-refractivity contribution in [3.05, 3.63) is 0 Å². The molecular weight excluding hydrogens is 210 g/mol. The Morgan fingerprint density at radius 1 is 1.06 bits per heavy atom. The van der Waals surface area contributed by atoms with Gasteiger partial charge in [0.1, 0.15) is 0 Å². The van der Waals surface area contributed by atoms with Crippen LogP contribution >= 0.6 is 0 Å². The topological polar surface area (TPSA) is 32.3 Å². The van der Waals surface area contributed by atoms with Gasteiger partial charge in [0.05, 0.1) is 6.61 Å². The van der Waals surface area contributed by atoms with Gasteiger partial charge in [-0.1, -0.05) is 20.8 Å². The van der Waals surface area contributed by atoms with Crippen LogP contribution in [0.1, 0.15) is 59.3 Å². The minimum absolute atomic E-state index is 0.321. The van der Waals surface area contributed by atoms with Crippen molar-refractivity contribution in [2.24, 2.45) is 17.3 Å². The van der Waals surface area contributed by atoms with Gasteiger partial charge in [-0.15, -0.1) is 0 Å². The Morgan fingerprint density at radius 2 is 1.65 bits per heavy atom. The van der Waals surface area contributed by atoms with E-state index >= 15 is 0 Å². The number of nitrogens with one attached hydrogen (secondary N) is 1. The van der Waals surface area contributed by atoms with Crippen LogP contribution in [0.3, 0.4) is 0 Å². The quantitative estimate of drug-likeness (QED) is 0.790. The number of hydrogen-bond donors (Lipinski definition) is 2. The second-order valence-corrected chi connectivity index (χ2v) is 7.21. The average Bonchev–Trinajstić information content (AvgIpc) is 3.09. The normalized spacial score (nSPS) is 32.5. The molecule has 0 aliphatic heterocycles. The molecule has 0 saturated heterocycles. The van der Waals surface area contributed by atoms with E-state index < -0.39 is 0 Å². The molecule has 0 heterocycles. The molecule has 0 amide bonds. The Morgan fingerprint density at radius 3 is 2.06 bits per heavy atom. The fourth-order valence-corrected chi connectivity index (χ4v) is 3.28. The van der Waals surface area contributed by atoms with E-state index in [1.54, 1.807) is 0 Å². The molecule has 0 aromatic carbocycles. The van der Waals surface area contributed by atoms with Crippen LogP contribution in [0.4, 0.5) is 0 Å². The first-order valence-electron chi connectivity index (χ1n) is 7.37. The smallest absolute Gasteiger partial charge is 0.0587 e. The lowest BCUT2D eigenvalue weighted by Crippen LogP contribution is -2.42. The molecule has 1 unspecified atom stereocenters. The minimum atomic E-state index is 0.321. The van der Waals surface area contributed by atoms with Gasteiger partial charge in [-0.2, -0.15) is 0 Å². The third-order valence-corrected chi connectivity index (χ3v) is 4.79. The molecule has 0 bridgehead atoms. The van der Waals surface area contributed by atoms with Crippen LogP contribution in [-0.4, -0.2) is 23.8 Å². The highest BCUT2D eigenvalue weighted by Gasteiger charge is 2.34. The SMILES string of the molecule is CC(C)(C)C1CCC(C(CO)NC2CC2)CC1. The molecule has 2 N–H and O–H groups in total. The summed E-state index contributed by atoms with van der Waals surface area (Å²) in [5.41, 5.74) is 0.462. The predicted molar refractivity (Wildman–Crippen MR) is 71.9 cm³/mol. The number of aliphatic hydroxyl groups excluding tert-OH is 1. The van der Waals surface area contributed by atoms with Gasteiger partial charge in [0.2, 0.25) is 0 Å². The summed E-state index contributed by atoms with van der Waals surface area (Å²) in [6.07, 6.45) is 7.91. The monoisotopic (exact) mass is 239 g/mol. The molecule has 2 aliphatic rings. The lowest BCUT2D eigenvalue weighted by atomic mass is 9.68. The third-order valence-electron chi connectivity index (χ3n) is 4.79. The largest absolute Gasteiger partial charge is 0.395 e. The highest BCUT2D eigenvalue weighted by molar-refractivity contribution is 4.90. The van der Waals surface area contributed by atoms with Crippen molar-refractivity contribution in [1.82, 2.24) is 5.32 Å². The van der Waals surface area contributed by atoms with Crippen molar-refractivity contribution >= 4 is 0 Å². The van der Waals surface area contributed by atoms with Crippen LogP contribution < -0.4 is 5.32 Å². The van der Waals surface area contributed by atoms with E-state index in [1.807, 2.05) is 0 Å². The molecular formula is C15H29NO. The van der Waals surface area contributed by atoms with E-state index in [1.165, 1.54) is 38.5 Å². The number of hydrogen-bond acceptors (Lipinski definition) is 2. The van der Waals surface area contributed by atoms with E-state index in [4.69, 9.17) is 0 Å². The first kappa shape index (κ1) is 13.4. The van der Waals surface area contributed by atoms with Gasteiger partial charge in [-0.25, -0.2) is 0 Å². The molecule has 2 aliphatic carbocycles. The lowest BCUT2D eigenvalue weighted by Gasteiger charge is -2.39. The predicted octanol–water partition coefficient (Wildman–Crippen LogP) is 2.95. The Balaban J connectivity index is 1.80. The summed E-state index contributed by atoms with van der Waals surface area (Å²) < 4.78 is 0. The molecule has 2 nitrogen and oxygen atoms in total. The Bertz CT molecular complexity index is 234. The van der Waals surface area contributed by atoms with Crippen LogP contribution in [0, 0.1) is 17.3 Å². The van der Waals surface area contributed by atoms with Gasteiger partial charge in [-0.05, 0) is 55.8 Å². The van der Waals surface area contributed by atoms with Crippen LogP contribution in [0.15, 0.2) is 0 Å². The number of rotatable bonds is 4. The highest BCUT2D eigenvalue weighted by atomic mass is 16.3. The van der Waals surface area contributed by atoms with Crippen LogP contribution in [-0.2, 0) is 0 Å². The summed E-state index contributed by atoms with van der Waals surface area (Å²) in [4.78, 5) is 0. The molecule has 2 fully saturated rings. The maximum atomic E-state index is 9.52. The van der Waals surface area contributed by atoms with Gasteiger partial charge in [0, 0.05) is 12.1 Å². The molecule has 1 atom stereocenters. The zero-order chi connectivity index (χ0) is 12.5. The summed E-state index contributed by atoms with van der Waals surface area (Å²) in [7, 11) is 0. The molecule has 100 valence electrons. The Labute approximate surface area is 106 Å². The third kappa shape index (κ3) is 3.69. The van der Waals surface area contributed by atoms with Gasteiger partial charge in [0.15, 0.2) is 0 Å². The fourth-order valence-electron chi connectivity index (χ4n) is 3.28. The summed E-state index contributed by atoms with van der Waals surface area (Å²) in [6, 6.07) is 1.08. The van der Waals surface area contributed by atoms with E-state index in [-0.39, 0.29) is 0 Å². The van der Waals surface area contributed by atoms with Gasteiger partial charge >= 0.3 is 0 Å². The Hall–Kier alpha value is -0.0800. The molecule has 2 heteroatoms. The molecule has 0 aromatic heterocycles. The van der Waals surface area contributed by atoms with E-state index in [9.17, 15) is 5.11 Å². The molecule has 0 spiro atoms. The lowest BCUT2D eigenvalue weighted by molar-refractivity contribution is 0.110. The van der Waals surface area contributed by atoms with Crippen LogP contribution in [0.5, 0.6) is 0 Å². The summed E-state index contributed by atoms with van der Waals surface area (Å²) in [6.45, 7) is 7.42. The fraction of sp³-hybridized carbons (Fsp3) is 1.00. The zero-order valence-electron chi connectivity index (χ0n) is 11.7. The van der Waals surface area contributed by atoms with Gasteiger partial charge < -0.3 is 10.4 Å². The summed E-state index contributed by atoms with van der Waals surface area (Å²) in [5.74, 6) is 1.58. The second-order valence-electron chi connectivity index (χ2n) is 7.21. The first-order chi connectivity index (χ1) is 8.00. The highest BCUT2D eigenvalue weighted by Crippen LogP contribution is 2.41. The van der Waals surface area contributed by atoms with Crippen molar-refractivity contribution in [3.8, 4) is 0 Å². The van der Waals surface area contributed by atoms with Crippen molar-refractivity contribution in [3.63, 3.8) is 0 Å². The van der Waals surface area contributed by atoms with E-state index in [0.29, 0.717) is 30.0 Å². The van der Waals surface area contributed by atoms with Gasteiger partial charge in [-0.3, -0.25) is 0 Å². The van der Waals surface area contributed by atoms with Crippen molar-refractivity contribution < 1.29 is 5.11 Å². The molecule has 0 aromatic rings. The molecule has 2 rings (SSSR count). The first-order valence-corrected chi connectivity index (χ1v) is 7.37. The number of aliphatic hydroxyl groups is 1. The summed E-state index contributed by atoms with van der Waals surface area (Å²) in [5, 5.41) is 13.1. The van der Waals surface area contributed by atoms with Gasteiger partial charge in [0.25, 0.3) is 0 Å². The van der Waals surface area contributed by atoms with E-state index in [2.05, 4.69) is 26.1 Å². The summed E-state index contributed by atoms with van der Waals surface area (Å²) >= 11 is 0. The maximum absolute atomic E-state index is 9.52.